The standard InChI is InChI=1S/C16H19NO2/c1-19-15-8-4-7-13-11-17(10-9-14(13)15)16(18)12-5-2-3-6-12/h2-4,7-8,12H,5-6,9-11H2,1H3. The van der Waals surface area contributed by atoms with Gasteiger partial charge >= 0.3 is 0 Å². The predicted octanol–water partition coefficient (Wildman–Crippen LogP) is 2.55. The van der Waals surface area contributed by atoms with Gasteiger partial charge in [0.1, 0.15) is 5.75 Å². The van der Waals surface area contributed by atoms with Crippen LogP contribution in [-0.2, 0) is 17.8 Å². The van der Waals surface area contributed by atoms with Crippen molar-refractivity contribution in [3.8, 4) is 5.75 Å². The number of carbonyl (C=O) groups excluding carboxylic acids is 1. The van der Waals surface area contributed by atoms with Crippen LogP contribution in [0.1, 0.15) is 24.0 Å². The molecule has 0 unspecified atom stereocenters. The third kappa shape index (κ3) is 2.25. The van der Waals surface area contributed by atoms with E-state index in [2.05, 4.69) is 18.2 Å². The molecule has 1 aliphatic carbocycles. The van der Waals surface area contributed by atoms with Gasteiger partial charge in [0.25, 0.3) is 0 Å². The summed E-state index contributed by atoms with van der Waals surface area (Å²) >= 11 is 0. The van der Waals surface area contributed by atoms with Crippen molar-refractivity contribution in [3.05, 3.63) is 41.5 Å². The van der Waals surface area contributed by atoms with Crippen molar-refractivity contribution in [2.24, 2.45) is 5.92 Å². The van der Waals surface area contributed by atoms with E-state index in [-0.39, 0.29) is 5.92 Å². The molecule has 1 aromatic carbocycles. The molecule has 1 amide bonds. The smallest absolute Gasteiger partial charge is 0.226 e. The predicted molar refractivity (Wildman–Crippen MR) is 74.0 cm³/mol. The van der Waals surface area contributed by atoms with Crippen LogP contribution in [0, 0.1) is 5.92 Å². The molecule has 0 saturated carbocycles. The Kier molecular flexibility index (Phi) is 3.28. The Morgan fingerprint density at radius 2 is 2.11 bits per heavy atom. The van der Waals surface area contributed by atoms with Crippen LogP contribution < -0.4 is 4.74 Å². The first kappa shape index (κ1) is 12.3. The van der Waals surface area contributed by atoms with Crippen LogP contribution in [0.3, 0.4) is 0 Å². The summed E-state index contributed by atoms with van der Waals surface area (Å²) in [5, 5.41) is 0. The normalized spacial score (nSPS) is 18.5. The minimum atomic E-state index is 0.173. The Morgan fingerprint density at radius 3 is 2.84 bits per heavy atom. The molecule has 0 saturated heterocycles. The summed E-state index contributed by atoms with van der Waals surface area (Å²) in [7, 11) is 1.71. The maximum Gasteiger partial charge on any atom is 0.226 e. The van der Waals surface area contributed by atoms with Gasteiger partial charge in [-0.05, 0) is 30.9 Å². The highest BCUT2D eigenvalue weighted by molar-refractivity contribution is 5.80. The van der Waals surface area contributed by atoms with Gasteiger partial charge in [0.15, 0.2) is 0 Å². The van der Waals surface area contributed by atoms with Gasteiger partial charge in [-0.2, -0.15) is 0 Å². The lowest BCUT2D eigenvalue weighted by molar-refractivity contribution is -0.136. The molecule has 3 heteroatoms. The molecule has 0 aromatic heterocycles. The first-order valence-corrected chi connectivity index (χ1v) is 6.88. The van der Waals surface area contributed by atoms with Gasteiger partial charge < -0.3 is 9.64 Å². The molecule has 19 heavy (non-hydrogen) atoms. The number of hydrogen-bond donors (Lipinski definition) is 0. The summed E-state index contributed by atoms with van der Waals surface area (Å²) in [6.07, 6.45) is 6.93. The summed E-state index contributed by atoms with van der Waals surface area (Å²) in [6.45, 7) is 1.53. The van der Waals surface area contributed by atoms with Crippen LogP contribution in [0.15, 0.2) is 30.4 Å². The Hall–Kier alpha value is -1.77. The van der Waals surface area contributed by atoms with Crippen molar-refractivity contribution >= 4 is 5.91 Å². The van der Waals surface area contributed by atoms with Gasteiger partial charge in [-0.3, -0.25) is 4.79 Å². The number of carbonyl (C=O) groups is 1. The zero-order chi connectivity index (χ0) is 13.2. The van der Waals surface area contributed by atoms with E-state index < -0.39 is 0 Å². The second-order valence-electron chi connectivity index (χ2n) is 5.25. The SMILES string of the molecule is COc1cccc2c1CCN(C(=O)C1CC=CC1)C2. The number of amides is 1. The number of hydrogen-bond acceptors (Lipinski definition) is 2. The number of benzene rings is 1. The van der Waals surface area contributed by atoms with Gasteiger partial charge in [0.05, 0.1) is 7.11 Å². The molecule has 1 aromatic rings. The molecule has 0 bridgehead atoms. The maximum absolute atomic E-state index is 12.4. The molecule has 0 atom stereocenters. The molecular weight excluding hydrogens is 238 g/mol. The summed E-state index contributed by atoms with van der Waals surface area (Å²) < 4.78 is 5.39. The van der Waals surface area contributed by atoms with Crippen LogP contribution in [0.4, 0.5) is 0 Å². The number of rotatable bonds is 2. The lowest BCUT2D eigenvalue weighted by Crippen LogP contribution is -2.39. The molecular formula is C16H19NO2. The lowest BCUT2D eigenvalue weighted by atomic mass is 9.96. The summed E-state index contributed by atoms with van der Waals surface area (Å²) in [5.74, 6) is 1.43. The van der Waals surface area contributed by atoms with Crippen LogP contribution in [0.5, 0.6) is 5.75 Å². The number of nitrogens with zero attached hydrogens (tertiary/aromatic N) is 1. The van der Waals surface area contributed by atoms with Crippen molar-refractivity contribution in [1.82, 2.24) is 4.90 Å². The van der Waals surface area contributed by atoms with E-state index in [0.29, 0.717) is 5.91 Å². The van der Waals surface area contributed by atoms with Gasteiger partial charge in [0.2, 0.25) is 5.91 Å². The van der Waals surface area contributed by atoms with Crippen molar-refractivity contribution < 1.29 is 9.53 Å². The van der Waals surface area contributed by atoms with Crippen molar-refractivity contribution in [1.29, 1.82) is 0 Å². The minimum absolute atomic E-state index is 0.173. The molecule has 3 nitrogen and oxygen atoms in total. The molecule has 1 aliphatic heterocycles. The van der Waals surface area contributed by atoms with E-state index >= 15 is 0 Å². The number of methoxy groups -OCH3 is 1. The van der Waals surface area contributed by atoms with Crippen LogP contribution in [-0.4, -0.2) is 24.5 Å². The summed E-state index contributed by atoms with van der Waals surface area (Å²) in [4.78, 5) is 14.4. The number of fused-ring (bicyclic) bond motifs is 1. The molecule has 3 rings (SSSR count). The Labute approximate surface area is 113 Å². The van der Waals surface area contributed by atoms with E-state index in [9.17, 15) is 4.79 Å². The van der Waals surface area contributed by atoms with E-state index in [0.717, 1.165) is 38.1 Å². The minimum Gasteiger partial charge on any atom is -0.496 e. The third-order valence-corrected chi connectivity index (χ3v) is 4.11. The molecule has 0 radical (unpaired) electrons. The van der Waals surface area contributed by atoms with Gasteiger partial charge in [-0.15, -0.1) is 0 Å². The molecule has 0 spiro atoms. The zero-order valence-electron chi connectivity index (χ0n) is 11.3. The van der Waals surface area contributed by atoms with Crippen LogP contribution >= 0.6 is 0 Å². The number of ether oxygens (including phenoxy) is 1. The van der Waals surface area contributed by atoms with E-state index in [4.69, 9.17) is 4.74 Å². The fourth-order valence-corrected chi connectivity index (χ4v) is 3.03. The molecule has 100 valence electrons. The Balaban J connectivity index is 1.77. The van der Waals surface area contributed by atoms with E-state index in [1.807, 2.05) is 17.0 Å². The molecule has 2 aliphatic rings. The quantitative estimate of drug-likeness (QED) is 0.762. The Bertz CT molecular complexity index is 513. The second kappa shape index (κ2) is 5.08. The fraction of sp³-hybridized carbons (Fsp3) is 0.438. The fourth-order valence-electron chi connectivity index (χ4n) is 3.03. The van der Waals surface area contributed by atoms with Gasteiger partial charge in [-0.25, -0.2) is 0 Å². The molecule has 0 N–H and O–H groups in total. The third-order valence-electron chi connectivity index (χ3n) is 4.11. The van der Waals surface area contributed by atoms with Crippen molar-refractivity contribution in [2.45, 2.75) is 25.8 Å². The number of allylic oxidation sites excluding steroid dienone is 2. The largest absolute Gasteiger partial charge is 0.496 e. The molecule has 0 fully saturated rings. The summed E-state index contributed by atoms with van der Waals surface area (Å²) in [5.41, 5.74) is 2.49. The highest BCUT2D eigenvalue weighted by Gasteiger charge is 2.28. The monoisotopic (exact) mass is 257 g/mol. The van der Waals surface area contributed by atoms with Gasteiger partial charge in [0, 0.05) is 24.6 Å². The average Bonchev–Trinajstić information content (AvgIpc) is 2.99. The Morgan fingerprint density at radius 1 is 1.32 bits per heavy atom. The molecule has 1 heterocycles. The summed E-state index contributed by atoms with van der Waals surface area (Å²) in [6, 6.07) is 6.10. The van der Waals surface area contributed by atoms with Crippen LogP contribution in [0.2, 0.25) is 0 Å². The average molecular weight is 257 g/mol. The van der Waals surface area contributed by atoms with E-state index in [1.54, 1.807) is 7.11 Å². The highest BCUT2D eigenvalue weighted by Crippen LogP contribution is 2.29. The van der Waals surface area contributed by atoms with Crippen LogP contribution in [0.25, 0.3) is 0 Å². The lowest BCUT2D eigenvalue weighted by Gasteiger charge is -2.31. The zero-order valence-corrected chi connectivity index (χ0v) is 11.3. The maximum atomic E-state index is 12.4. The topological polar surface area (TPSA) is 29.5 Å². The van der Waals surface area contributed by atoms with Crippen molar-refractivity contribution in [2.75, 3.05) is 13.7 Å². The highest BCUT2D eigenvalue weighted by atomic mass is 16.5. The second-order valence-corrected chi connectivity index (χ2v) is 5.25. The van der Waals surface area contributed by atoms with Gasteiger partial charge in [-0.1, -0.05) is 24.3 Å². The first-order valence-electron chi connectivity index (χ1n) is 6.88. The first-order chi connectivity index (χ1) is 9.29. The van der Waals surface area contributed by atoms with E-state index in [1.165, 1.54) is 11.1 Å². The van der Waals surface area contributed by atoms with Crippen molar-refractivity contribution in [3.63, 3.8) is 0 Å².